The highest BCUT2D eigenvalue weighted by Crippen LogP contribution is 2.43. The van der Waals surface area contributed by atoms with E-state index in [1.165, 1.54) is 34.7 Å². The van der Waals surface area contributed by atoms with Crippen LogP contribution in [0.2, 0.25) is 0 Å². The molecule has 1 aromatic carbocycles. The predicted octanol–water partition coefficient (Wildman–Crippen LogP) is 3.59. The highest BCUT2D eigenvalue weighted by atomic mass is 14.8. The summed E-state index contributed by atoms with van der Waals surface area (Å²) in [5, 5.41) is 2.55. The van der Waals surface area contributed by atoms with E-state index in [1.54, 1.807) is 0 Å². The predicted molar refractivity (Wildman–Crippen MR) is 65.6 cm³/mol. The molecule has 0 radical (unpaired) electrons. The van der Waals surface area contributed by atoms with Crippen molar-refractivity contribution in [3.63, 3.8) is 0 Å². The van der Waals surface area contributed by atoms with Gasteiger partial charge in [0, 0.05) is 17.0 Å². The Hall–Kier alpha value is -1.83. The lowest BCUT2D eigenvalue weighted by atomic mass is 10.1. The van der Waals surface area contributed by atoms with Crippen molar-refractivity contribution in [2.24, 2.45) is 0 Å². The van der Waals surface area contributed by atoms with Gasteiger partial charge in [-0.05, 0) is 36.5 Å². The molecule has 1 aliphatic carbocycles. The number of fused-ring (bicyclic) bond motifs is 3. The van der Waals surface area contributed by atoms with E-state index in [2.05, 4.69) is 34.2 Å². The molecular formula is C14H12N2. The van der Waals surface area contributed by atoms with Crippen LogP contribution in [0.1, 0.15) is 24.3 Å². The van der Waals surface area contributed by atoms with Gasteiger partial charge in [-0.3, -0.25) is 0 Å². The van der Waals surface area contributed by atoms with E-state index in [4.69, 9.17) is 0 Å². The zero-order valence-corrected chi connectivity index (χ0v) is 8.90. The third kappa shape index (κ3) is 1.04. The van der Waals surface area contributed by atoms with Crippen LogP contribution in [0, 0.1) is 0 Å². The number of benzene rings is 1. The van der Waals surface area contributed by atoms with E-state index >= 15 is 0 Å². The van der Waals surface area contributed by atoms with Crippen molar-refractivity contribution < 1.29 is 0 Å². The summed E-state index contributed by atoms with van der Waals surface area (Å²) in [5.41, 5.74) is 3.76. The van der Waals surface area contributed by atoms with Crippen molar-refractivity contribution >= 4 is 21.9 Å². The minimum absolute atomic E-state index is 0.775. The second-order valence-electron chi connectivity index (χ2n) is 4.57. The van der Waals surface area contributed by atoms with Crippen molar-refractivity contribution in [3.05, 3.63) is 42.1 Å². The number of aromatic amines is 1. The first kappa shape index (κ1) is 8.34. The highest BCUT2D eigenvalue weighted by Gasteiger charge is 2.26. The van der Waals surface area contributed by atoms with Crippen LogP contribution in [0.4, 0.5) is 0 Å². The summed E-state index contributed by atoms with van der Waals surface area (Å²) < 4.78 is 0. The maximum Gasteiger partial charge on any atom is 0.138 e. The molecule has 0 unspecified atom stereocenters. The van der Waals surface area contributed by atoms with Gasteiger partial charge in [0.2, 0.25) is 0 Å². The first-order valence-electron chi connectivity index (χ1n) is 5.79. The molecule has 16 heavy (non-hydrogen) atoms. The average Bonchev–Trinajstić information content (AvgIpc) is 3.09. The number of rotatable bonds is 1. The fraction of sp³-hybridized carbons (Fsp3) is 0.214. The van der Waals surface area contributed by atoms with Gasteiger partial charge in [0.1, 0.15) is 5.65 Å². The first-order valence-corrected chi connectivity index (χ1v) is 5.79. The summed E-state index contributed by atoms with van der Waals surface area (Å²) in [4.78, 5) is 7.84. The molecule has 0 amide bonds. The van der Waals surface area contributed by atoms with Crippen molar-refractivity contribution in [3.8, 4) is 0 Å². The number of hydrogen-bond donors (Lipinski definition) is 1. The standard InChI is InChI=1S/C14H12N2/c1-3-10(9-6-7-9)13-11(4-1)12-5-2-8-15-14(12)16-13/h1-5,8-9H,6-7H2,(H,15,16). The smallest absolute Gasteiger partial charge is 0.138 e. The van der Waals surface area contributed by atoms with Crippen molar-refractivity contribution in [2.75, 3.05) is 0 Å². The normalized spacial score (nSPS) is 16.0. The Morgan fingerprint density at radius 1 is 1.06 bits per heavy atom. The number of pyridine rings is 1. The van der Waals surface area contributed by atoms with Gasteiger partial charge < -0.3 is 4.98 Å². The minimum atomic E-state index is 0.775. The van der Waals surface area contributed by atoms with Gasteiger partial charge in [0.25, 0.3) is 0 Å². The molecule has 0 saturated heterocycles. The molecule has 0 atom stereocenters. The molecule has 0 aliphatic heterocycles. The number of aromatic nitrogens is 2. The van der Waals surface area contributed by atoms with Crippen LogP contribution in [0.15, 0.2) is 36.5 Å². The van der Waals surface area contributed by atoms with E-state index < -0.39 is 0 Å². The maximum atomic E-state index is 4.38. The Balaban J connectivity index is 2.18. The molecule has 1 saturated carbocycles. The van der Waals surface area contributed by atoms with Gasteiger partial charge in [-0.25, -0.2) is 4.98 Å². The zero-order valence-electron chi connectivity index (χ0n) is 8.90. The summed E-state index contributed by atoms with van der Waals surface area (Å²) in [6, 6.07) is 10.7. The lowest BCUT2D eigenvalue weighted by Crippen LogP contribution is -1.80. The van der Waals surface area contributed by atoms with Gasteiger partial charge >= 0.3 is 0 Å². The molecule has 2 nitrogen and oxygen atoms in total. The van der Waals surface area contributed by atoms with E-state index in [9.17, 15) is 0 Å². The molecule has 3 aromatic rings. The molecule has 2 aromatic heterocycles. The second-order valence-corrected chi connectivity index (χ2v) is 4.57. The largest absolute Gasteiger partial charge is 0.339 e. The Bertz CT molecular complexity index is 677. The molecule has 2 heterocycles. The van der Waals surface area contributed by atoms with Crippen molar-refractivity contribution in [1.82, 2.24) is 9.97 Å². The quantitative estimate of drug-likeness (QED) is 0.650. The van der Waals surface area contributed by atoms with Crippen LogP contribution in [0.25, 0.3) is 21.9 Å². The number of H-pyrrole nitrogens is 1. The van der Waals surface area contributed by atoms with E-state index in [0.29, 0.717) is 0 Å². The molecule has 1 aliphatic rings. The van der Waals surface area contributed by atoms with E-state index in [-0.39, 0.29) is 0 Å². The fourth-order valence-corrected chi connectivity index (χ4v) is 2.51. The van der Waals surface area contributed by atoms with Gasteiger partial charge in [-0.2, -0.15) is 0 Å². The lowest BCUT2D eigenvalue weighted by Gasteiger charge is -1.99. The topological polar surface area (TPSA) is 28.7 Å². The Morgan fingerprint density at radius 2 is 1.94 bits per heavy atom. The summed E-state index contributed by atoms with van der Waals surface area (Å²) in [7, 11) is 0. The monoisotopic (exact) mass is 208 g/mol. The molecule has 2 heteroatoms. The van der Waals surface area contributed by atoms with Crippen LogP contribution in [-0.4, -0.2) is 9.97 Å². The second kappa shape index (κ2) is 2.85. The highest BCUT2D eigenvalue weighted by molar-refractivity contribution is 6.07. The van der Waals surface area contributed by atoms with Crippen molar-refractivity contribution in [1.29, 1.82) is 0 Å². The average molecular weight is 208 g/mol. The molecule has 78 valence electrons. The molecule has 0 spiro atoms. The van der Waals surface area contributed by atoms with Crippen LogP contribution in [0.3, 0.4) is 0 Å². The number of nitrogens with one attached hydrogen (secondary N) is 1. The summed E-state index contributed by atoms with van der Waals surface area (Å²) in [6.45, 7) is 0. The van der Waals surface area contributed by atoms with Crippen LogP contribution in [-0.2, 0) is 0 Å². The van der Waals surface area contributed by atoms with Crippen LogP contribution in [0.5, 0.6) is 0 Å². The molecule has 1 N–H and O–H groups in total. The van der Waals surface area contributed by atoms with Gasteiger partial charge in [0.05, 0.1) is 5.52 Å². The summed E-state index contributed by atoms with van der Waals surface area (Å²) in [5.74, 6) is 0.775. The maximum absolute atomic E-state index is 4.38. The SMILES string of the molecule is c1cnc2[nH]c3c(C4CC4)cccc3c2c1. The number of nitrogens with zero attached hydrogens (tertiary/aromatic N) is 1. The third-order valence-corrected chi connectivity index (χ3v) is 3.46. The fourth-order valence-electron chi connectivity index (χ4n) is 2.51. The number of para-hydroxylation sites is 1. The van der Waals surface area contributed by atoms with Crippen molar-refractivity contribution in [2.45, 2.75) is 18.8 Å². The molecule has 0 bridgehead atoms. The zero-order chi connectivity index (χ0) is 10.5. The Morgan fingerprint density at radius 3 is 2.81 bits per heavy atom. The minimum Gasteiger partial charge on any atom is -0.339 e. The van der Waals surface area contributed by atoms with Crippen LogP contribution >= 0.6 is 0 Å². The number of hydrogen-bond acceptors (Lipinski definition) is 1. The van der Waals surface area contributed by atoms with Crippen LogP contribution < -0.4 is 0 Å². The van der Waals surface area contributed by atoms with E-state index in [1.807, 2.05) is 12.3 Å². The lowest BCUT2D eigenvalue weighted by molar-refractivity contribution is 1.14. The summed E-state index contributed by atoms with van der Waals surface area (Å²) >= 11 is 0. The Kier molecular flexibility index (Phi) is 1.48. The van der Waals surface area contributed by atoms with Gasteiger partial charge in [-0.1, -0.05) is 18.2 Å². The molecule has 4 rings (SSSR count). The van der Waals surface area contributed by atoms with Gasteiger partial charge in [0.15, 0.2) is 0 Å². The molecular weight excluding hydrogens is 196 g/mol. The Labute approximate surface area is 93.3 Å². The van der Waals surface area contributed by atoms with E-state index in [0.717, 1.165) is 11.6 Å². The van der Waals surface area contributed by atoms with Gasteiger partial charge in [-0.15, -0.1) is 0 Å². The summed E-state index contributed by atoms with van der Waals surface area (Å²) in [6.07, 6.45) is 4.51. The third-order valence-electron chi connectivity index (χ3n) is 3.46. The molecule has 1 fully saturated rings. The first-order chi connectivity index (χ1) is 7.93.